The van der Waals surface area contributed by atoms with Gasteiger partial charge in [0.1, 0.15) is 0 Å². The first-order chi connectivity index (χ1) is 10.1. The second-order valence-electron chi connectivity index (χ2n) is 5.47. The zero-order chi connectivity index (χ0) is 15.2. The van der Waals surface area contributed by atoms with E-state index in [-0.39, 0.29) is 11.9 Å². The molecule has 0 bridgehead atoms. The molecule has 0 aliphatic carbocycles. The Balaban J connectivity index is 1.91. The molecule has 3 heteroatoms. The van der Waals surface area contributed by atoms with Crippen LogP contribution in [0.3, 0.4) is 0 Å². The standard InChI is InChI=1S/C18H22N2O/c1-13-7-3-4-8-15(13)11-14(2)20-18(21)12-16-9-5-6-10-17(16)19/h3-10,14H,11-12,19H2,1-2H3,(H,20,21). The highest BCUT2D eigenvalue weighted by atomic mass is 16.1. The molecule has 2 rings (SSSR count). The van der Waals surface area contributed by atoms with Crippen LogP contribution < -0.4 is 11.1 Å². The lowest BCUT2D eigenvalue weighted by Crippen LogP contribution is -2.35. The topological polar surface area (TPSA) is 55.1 Å². The monoisotopic (exact) mass is 282 g/mol. The van der Waals surface area contributed by atoms with E-state index in [1.165, 1.54) is 11.1 Å². The lowest BCUT2D eigenvalue weighted by atomic mass is 10.0. The molecule has 1 amide bonds. The smallest absolute Gasteiger partial charge is 0.224 e. The number of anilines is 1. The fraction of sp³-hybridized carbons (Fsp3) is 0.278. The molecule has 1 unspecified atom stereocenters. The van der Waals surface area contributed by atoms with Gasteiger partial charge in [0, 0.05) is 11.7 Å². The fourth-order valence-electron chi connectivity index (χ4n) is 2.41. The molecule has 0 saturated heterocycles. The van der Waals surface area contributed by atoms with Crippen LogP contribution in [0.15, 0.2) is 48.5 Å². The molecule has 2 aromatic rings. The van der Waals surface area contributed by atoms with Gasteiger partial charge in [0.15, 0.2) is 0 Å². The van der Waals surface area contributed by atoms with Crippen molar-refractivity contribution in [1.82, 2.24) is 5.32 Å². The van der Waals surface area contributed by atoms with Gasteiger partial charge in [0.25, 0.3) is 0 Å². The van der Waals surface area contributed by atoms with Gasteiger partial charge in [-0.25, -0.2) is 0 Å². The average molecular weight is 282 g/mol. The van der Waals surface area contributed by atoms with Crippen molar-refractivity contribution in [3.63, 3.8) is 0 Å². The number of nitrogens with two attached hydrogens (primary N) is 1. The van der Waals surface area contributed by atoms with Crippen LogP contribution in [0.4, 0.5) is 5.69 Å². The molecule has 2 aromatic carbocycles. The molecule has 0 heterocycles. The zero-order valence-electron chi connectivity index (χ0n) is 12.6. The van der Waals surface area contributed by atoms with Crippen molar-refractivity contribution in [2.45, 2.75) is 32.7 Å². The predicted molar refractivity (Wildman–Crippen MR) is 87.0 cm³/mol. The molecule has 21 heavy (non-hydrogen) atoms. The summed E-state index contributed by atoms with van der Waals surface area (Å²) < 4.78 is 0. The summed E-state index contributed by atoms with van der Waals surface area (Å²) in [5.41, 5.74) is 9.93. The number of nitrogens with one attached hydrogen (secondary N) is 1. The summed E-state index contributed by atoms with van der Waals surface area (Å²) in [4.78, 5) is 12.1. The van der Waals surface area contributed by atoms with E-state index in [2.05, 4.69) is 24.4 Å². The Kier molecular flexibility index (Phi) is 4.99. The van der Waals surface area contributed by atoms with Crippen LogP contribution in [0, 0.1) is 6.92 Å². The lowest BCUT2D eigenvalue weighted by Gasteiger charge is -2.16. The number of hydrogen-bond donors (Lipinski definition) is 2. The summed E-state index contributed by atoms with van der Waals surface area (Å²) in [6, 6.07) is 15.8. The third-order valence-corrected chi connectivity index (χ3v) is 3.60. The Morgan fingerprint density at radius 3 is 2.38 bits per heavy atom. The van der Waals surface area contributed by atoms with Crippen LogP contribution in [0.1, 0.15) is 23.6 Å². The lowest BCUT2D eigenvalue weighted by molar-refractivity contribution is -0.121. The molecule has 3 nitrogen and oxygen atoms in total. The first kappa shape index (κ1) is 15.1. The predicted octanol–water partition coefficient (Wildman–Crippen LogP) is 2.87. The molecule has 0 aliphatic heterocycles. The second kappa shape index (κ2) is 6.93. The van der Waals surface area contributed by atoms with Crippen molar-refractivity contribution in [2.24, 2.45) is 0 Å². The zero-order valence-corrected chi connectivity index (χ0v) is 12.6. The van der Waals surface area contributed by atoms with Crippen molar-refractivity contribution in [3.8, 4) is 0 Å². The molecular formula is C18H22N2O. The van der Waals surface area contributed by atoms with Crippen LogP contribution in [-0.4, -0.2) is 11.9 Å². The van der Waals surface area contributed by atoms with Gasteiger partial charge in [-0.15, -0.1) is 0 Å². The van der Waals surface area contributed by atoms with E-state index < -0.39 is 0 Å². The highest BCUT2D eigenvalue weighted by molar-refractivity contribution is 5.80. The molecule has 1 atom stereocenters. The number of rotatable bonds is 5. The largest absolute Gasteiger partial charge is 0.398 e. The molecule has 110 valence electrons. The Morgan fingerprint density at radius 1 is 1.10 bits per heavy atom. The highest BCUT2D eigenvalue weighted by Gasteiger charge is 2.11. The molecule has 0 fully saturated rings. The minimum atomic E-state index is 0.00832. The van der Waals surface area contributed by atoms with E-state index >= 15 is 0 Å². The minimum absolute atomic E-state index is 0.00832. The first-order valence-corrected chi connectivity index (χ1v) is 7.23. The number of benzene rings is 2. The van der Waals surface area contributed by atoms with Gasteiger partial charge in [-0.3, -0.25) is 4.79 Å². The van der Waals surface area contributed by atoms with Crippen molar-refractivity contribution in [2.75, 3.05) is 5.73 Å². The van der Waals surface area contributed by atoms with Gasteiger partial charge in [-0.05, 0) is 43.0 Å². The molecule has 0 aromatic heterocycles. The maximum Gasteiger partial charge on any atom is 0.224 e. The molecule has 0 spiro atoms. The first-order valence-electron chi connectivity index (χ1n) is 7.23. The van der Waals surface area contributed by atoms with E-state index in [9.17, 15) is 4.79 Å². The number of amides is 1. The SMILES string of the molecule is Cc1ccccc1CC(C)NC(=O)Cc1ccccc1N. The number of nitrogen functional groups attached to an aromatic ring is 1. The normalized spacial score (nSPS) is 11.9. The summed E-state index contributed by atoms with van der Waals surface area (Å²) in [5, 5.41) is 3.04. The highest BCUT2D eigenvalue weighted by Crippen LogP contribution is 2.12. The summed E-state index contributed by atoms with van der Waals surface area (Å²) in [5.74, 6) is 0.00832. The molecule has 0 saturated carbocycles. The average Bonchev–Trinajstić information content (AvgIpc) is 2.44. The van der Waals surface area contributed by atoms with Crippen molar-refractivity contribution in [3.05, 3.63) is 65.2 Å². The Morgan fingerprint density at radius 2 is 1.71 bits per heavy atom. The summed E-state index contributed by atoms with van der Waals surface area (Å²) >= 11 is 0. The summed E-state index contributed by atoms with van der Waals surface area (Å²) in [6.07, 6.45) is 1.16. The van der Waals surface area contributed by atoms with E-state index in [0.717, 1.165) is 12.0 Å². The quantitative estimate of drug-likeness (QED) is 0.829. The molecule has 0 aliphatic rings. The fourth-order valence-corrected chi connectivity index (χ4v) is 2.41. The van der Waals surface area contributed by atoms with Crippen molar-refractivity contribution >= 4 is 11.6 Å². The minimum Gasteiger partial charge on any atom is -0.398 e. The van der Waals surface area contributed by atoms with Gasteiger partial charge in [-0.2, -0.15) is 0 Å². The molecule has 3 N–H and O–H groups in total. The van der Waals surface area contributed by atoms with E-state index in [0.29, 0.717) is 12.1 Å². The van der Waals surface area contributed by atoms with Gasteiger partial charge < -0.3 is 11.1 Å². The summed E-state index contributed by atoms with van der Waals surface area (Å²) in [7, 11) is 0. The van der Waals surface area contributed by atoms with Crippen LogP contribution >= 0.6 is 0 Å². The number of carbonyl (C=O) groups is 1. The maximum absolute atomic E-state index is 12.1. The van der Waals surface area contributed by atoms with Crippen LogP contribution in [0.5, 0.6) is 0 Å². The van der Waals surface area contributed by atoms with Crippen LogP contribution in [0.25, 0.3) is 0 Å². The maximum atomic E-state index is 12.1. The van der Waals surface area contributed by atoms with Gasteiger partial charge in [0.2, 0.25) is 5.91 Å². The van der Waals surface area contributed by atoms with Crippen LogP contribution in [-0.2, 0) is 17.6 Å². The number of hydrogen-bond acceptors (Lipinski definition) is 2. The molecular weight excluding hydrogens is 260 g/mol. The van der Waals surface area contributed by atoms with E-state index in [1.807, 2.05) is 43.3 Å². The van der Waals surface area contributed by atoms with E-state index in [4.69, 9.17) is 5.73 Å². The Hall–Kier alpha value is -2.29. The van der Waals surface area contributed by atoms with Crippen molar-refractivity contribution in [1.29, 1.82) is 0 Å². The second-order valence-corrected chi connectivity index (χ2v) is 5.47. The summed E-state index contributed by atoms with van der Waals surface area (Å²) in [6.45, 7) is 4.12. The Labute approximate surface area is 126 Å². The number of carbonyl (C=O) groups excluding carboxylic acids is 1. The van der Waals surface area contributed by atoms with Gasteiger partial charge >= 0.3 is 0 Å². The van der Waals surface area contributed by atoms with E-state index in [1.54, 1.807) is 0 Å². The van der Waals surface area contributed by atoms with Gasteiger partial charge in [0.05, 0.1) is 6.42 Å². The number of para-hydroxylation sites is 1. The van der Waals surface area contributed by atoms with Crippen molar-refractivity contribution < 1.29 is 4.79 Å². The Bertz CT molecular complexity index is 622. The number of aryl methyl sites for hydroxylation is 1. The molecule has 0 radical (unpaired) electrons. The van der Waals surface area contributed by atoms with Crippen LogP contribution in [0.2, 0.25) is 0 Å². The van der Waals surface area contributed by atoms with Gasteiger partial charge in [-0.1, -0.05) is 42.5 Å². The third kappa shape index (κ3) is 4.35. The third-order valence-electron chi connectivity index (χ3n) is 3.60.